The van der Waals surface area contributed by atoms with Crippen LogP contribution in [0.1, 0.15) is 24.2 Å². The summed E-state index contributed by atoms with van der Waals surface area (Å²) in [6.07, 6.45) is 2.75. The van der Waals surface area contributed by atoms with E-state index >= 15 is 0 Å². The number of aromatic nitrogens is 2. The van der Waals surface area contributed by atoms with Crippen LogP contribution in [0.4, 0.5) is 0 Å². The largest absolute Gasteiger partial charge is 0.465 e. The van der Waals surface area contributed by atoms with Gasteiger partial charge < -0.3 is 13.8 Å². The standard InChI is InChI=1S/C10H17N2O5P/c1-4-16-18(14,17-5-2)8-12-7-9(6-11-12)10(13)15-3/h6-7H,4-5,8H2,1-3H3. The van der Waals surface area contributed by atoms with Crippen molar-refractivity contribution in [1.82, 2.24) is 9.78 Å². The number of nitrogens with zero attached hydrogens (tertiary/aromatic N) is 2. The van der Waals surface area contributed by atoms with Gasteiger partial charge in [-0.15, -0.1) is 0 Å². The summed E-state index contributed by atoms with van der Waals surface area (Å²) in [5.41, 5.74) is 0.289. The molecule has 0 aromatic carbocycles. The Labute approximate surface area is 106 Å². The third kappa shape index (κ3) is 3.94. The van der Waals surface area contributed by atoms with Crippen LogP contribution in [0.2, 0.25) is 0 Å². The molecule has 0 spiro atoms. The van der Waals surface area contributed by atoms with Crippen molar-refractivity contribution in [2.75, 3.05) is 20.3 Å². The average Bonchev–Trinajstić information content (AvgIpc) is 2.76. The lowest BCUT2D eigenvalue weighted by Crippen LogP contribution is -2.06. The summed E-state index contributed by atoms with van der Waals surface area (Å²) in [7, 11) is -1.94. The number of methoxy groups -OCH3 is 1. The molecule has 0 aliphatic heterocycles. The maximum atomic E-state index is 12.2. The second kappa shape index (κ2) is 6.68. The van der Waals surface area contributed by atoms with E-state index in [0.717, 1.165) is 0 Å². The topological polar surface area (TPSA) is 79.7 Å². The van der Waals surface area contributed by atoms with Crippen molar-refractivity contribution in [3.8, 4) is 0 Å². The van der Waals surface area contributed by atoms with Gasteiger partial charge in [0.25, 0.3) is 0 Å². The fourth-order valence-corrected chi connectivity index (χ4v) is 2.89. The van der Waals surface area contributed by atoms with Crippen molar-refractivity contribution in [3.05, 3.63) is 18.0 Å². The van der Waals surface area contributed by atoms with E-state index in [2.05, 4.69) is 9.84 Å². The summed E-state index contributed by atoms with van der Waals surface area (Å²) in [6.45, 7) is 4.02. The zero-order chi connectivity index (χ0) is 13.6. The average molecular weight is 276 g/mol. The molecule has 7 nitrogen and oxygen atoms in total. The van der Waals surface area contributed by atoms with E-state index in [1.807, 2.05) is 0 Å². The number of esters is 1. The number of carbonyl (C=O) groups is 1. The van der Waals surface area contributed by atoms with Gasteiger partial charge in [-0.2, -0.15) is 5.10 Å². The van der Waals surface area contributed by atoms with E-state index in [0.29, 0.717) is 0 Å². The van der Waals surface area contributed by atoms with Gasteiger partial charge in [0.05, 0.1) is 32.1 Å². The minimum Gasteiger partial charge on any atom is -0.465 e. The van der Waals surface area contributed by atoms with Crippen molar-refractivity contribution in [1.29, 1.82) is 0 Å². The molecule has 0 fully saturated rings. The van der Waals surface area contributed by atoms with E-state index in [1.165, 1.54) is 24.2 Å². The molecule has 1 rings (SSSR count). The minimum atomic E-state index is -3.22. The normalized spacial score (nSPS) is 11.5. The van der Waals surface area contributed by atoms with Gasteiger partial charge >= 0.3 is 13.6 Å². The van der Waals surface area contributed by atoms with Gasteiger partial charge in [0.2, 0.25) is 0 Å². The fourth-order valence-electron chi connectivity index (χ4n) is 1.35. The molecule has 0 radical (unpaired) electrons. The molecular formula is C10H17N2O5P. The Kier molecular flexibility index (Phi) is 5.53. The Morgan fingerprint density at radius 2 is 2.00 bits per heavy atom. The molecule has 8 heteroatoms. The van der Waals surface area contributed by atoms with Crippen molar-refractivity contribution >= 4 is 13.6 Å². The van der Waals surface area contributed by atoms with Crippen LogP contribution in [0.5, 0.6) is 0 Å². The second-order valence-electron chi connectivity index (χ2n) is 3.35. The van der Waals surface area contributed by atoms with E-state index in [9.17, 15) is 9.36 Å². The Balaban J connectivity index is 2.78. The highest BCUT2D eigenvalue weighted by Gasteiger charge is 2.25. The first kappa shape index (κ1) is 14.9. The lowest BCUT2D eigenvalue weighted by Gasteiger charge is -2.16. The van der Waals surface area contributed by atoms with E-state index in [1.54, 1.807) is 13.8 Å². The van der Waals surface area contributed by atoms with Crippen LogP contribution in [0.3, 0.4) is 0 Å². The highest BCUT2D eigenvalue weighted by molar-refractivity contribution is 7.52. The summed E-state index contributed by atoms with van der Waals surface area (Å²) in [5.74, 6) is -0.496. The molecule has 0 saturated heterocycles. The predicted octanol–water partition coefficient (Wildman–Crippen LogP) is 1.89. The summed E-state index contributed by atoms with van der Waals surface area (Å²) in [5, 5.41) is 3.92. The monoisotopic (exact) mass is 276 g/mol. The molecule has 0 unspecified atom stereocenters. The molecular weight excluding hydrogens is 259 g/mol. The zero-order valence-electron chi connectivity index (χ0n) is 10.7. The third-order valence-corrected chi connectivity index (χ3v) is 3.96. The van der Waals surface area contributed by atoms with Crippen molar-refractivity contribution < 1.29 is 23.1 Å². The molecule has 1 heterocycles. The first-order valence-corrected chi connectivity index (χ1v) is 7.26. The molecule has 0 bridgehead atoms. The molecule has 0 amide bonds. The molecule has 0 atom stereocenters. The molecule has 0 aliphatic rings. The van der Waals surface area contributed by atoms with Crippen molar-refractivity contribution in [2.45, 2.75) is 20.1 Å². The number of rotatable bonds is 7. The van der Waals surface area contributed by atoms with Gasteiger partial charge in [0.15, 0.2) is 0 Å². The van der Waals surface area contributed by atoms with E-state index in [4.69, 9.17) is 9.05 Å². The van der Waals surface area contributed by atoms with Gasteiger partial charge in [0, 0.05) is 6.20 Å². The number of hydrogen-bond donors (Lipinski definition) is 0. The Bertz CT molecular complexity index is 435. The SMILES string of the molecule is CCOP(=O)(Cn1cc(C(=O)OC)cn1)OCC. The highest BCUT2D eigenvalue weighted by Crippen LogP contribution is 2.49. The van der Waals surface area contributed by atoms with Gasteiger partial charge in [0.1, 0.15) is 6.29 Å². The first-order valence-electron chi connectivity index (χ1n) is 5.53. The lowest BCUT2D eigenvalue weighted by atomic mass is 10.4. The molecule has 0 N–H and O–H groups in total. The Hall–Kier alpha value is -1.17. The molecule has 18 heavy (non-hydrogen) atoms. The maximum Gasteiger partial charge on any atom is 0.351 e. The van der Waals surface area contributed by atoms with Crippen LogP contribution < -0.4 is 0 Å². The van der Waals surface area contributed by atoms with Gasteiger partial charge in [-0.25, -0.2) is 4.79 Å². The smallest absolute Gasteiger partial charge is 0.351 e. The number of carbonyl (C=O) groups excluding carboxylic acids is 1. The van der Waals surface area contributed by atoms with Crippen molar-refractivity contribution in [2.24, 2.45) is 0 Å². The predicted molar refractivity (Wildman–Crippen MR) is 64.4 cm³/mol. The van der Waals surface area contributed by atoms with Crippen molar-refractivity contribution in [3.63, 3.8) is 0 Å². The van der Waals surface area contributed by atoms with Gasteiger partial charge in [-0.1, -0.05) is 0 Å². The molecule has 1 aromatic heterocycles. The van der Waals surface area contributed by atoms with Crippen LogP contribution in [0, 0.1) is 0 Å². The van der Waals surface area contributed by atoms with E-state index < -0.39 is 13.6 Å². The molecule has 0 saturated carbocycles. The number of ether oxygens (including phenoxy) is 1. The highest BCUT2D eigenvalue weighted by atomic mass is 31.2. The maximum absolute atomic E-state index is 12.2. The first-order chi connectivity index (χ1) is 8.54. The summed E-state index contributed by atoms with van der Waals surface area (Å²) >= 11 is 0. The van der Waals surface area contributed by atoms with E-state index in [-0.39, 0.29) is 25.1 Å². The molecule has 102 valence electrons. The third-order valence-electron chi connectivity index (χ3n) is 2.02. The summed E-state index contributed by atoms with van der Waals surface area (Å²) < 4.78 is 28.4. The van der Waals surface area contributed by atoms with Crippen LogP contribution in [-0.2, 0) is 24.6 Å². The molecule has 1 aromatic rings. The van der Waals surface area contributed by atoms with Crippen LogP contribution in [-0.4, -0.2) is 36.1 Å². The van der Waals surface area contributed by atoms with Crippen LogP contribution in [0.15, 0.2) is 12.4 Å². The van der Waals surface area contributed by atoms with Gasteiger partial charge in [-0.05, 0) is 13.8 Å². The lowest BCUT2D eigenvalue weighted by molar-refractivity contribution is 0.0600. The Morgan fingerprint density at radius 1 is 1.39 bits per heavy atom. The second-order valence-corrected chi connectivity index (χ2v) is 5.37. The minimum absolute atomic E-state index is 0.0360. The van der Waals surface area contributed by atoms with Gasteiger partial charge in [-0.3, -0.25) is 9.25 Å². The van der Waals surface area contributed by atoms with Crippen LogP contribution >= 0.6 is 7.60 Å². The summed E-state index contributed by atoms with van der Waals surface area (Å²) in [6, 6.07) is 0. The number of hydrogen-bond acceptors (Lipinski definition) is 6. The fraction of sp³-hybridized carbons (Fsp3) is 0.600. The zero-order valence-corrected chi connectivity index (χ0v) is 11.6. The quantitative estimate of drug-likeness (QED) is 0.559. The summed E-state index contributed by atoms with van der Waals surface area (Å²) in [4.78, 5) is 11.2. The molecule has 0 aliphatic carbocycles. The Morgan fingerprint density at radius 3 is 2.50 bits per heavy atom. The van der Waals surface area contributed by atoms with Crippen LogP contribution in [0.25, 0.3) is 0 Å².